The summed E-state index contributed by atoms with van der Waals surface area (Å²) in [4.78, 5) is 15.7. The number of rotatable bonds is 6. The minimum atomic E-state index is 0.198. The second-order valence-corrected chi connectivity index (χ2v) is 6.56. The van der Waals surface area contributed by atoms with E-state index in [0.29, 0.717) is 18.5 Å². The van der Waals surface area contributed by atoms with E-state index in [9.17, 15) is 4.79 Å². The van der Waals surface area contributed by atoms with Crippen LogP contribution in [0.5, 0.6) is 0 Å². The Labute approximate surface area is 134 Å². The van der Waals surface area contributed by atoms with Gasteiger partial charge in [-0.05, 0) is 24.3 Å². The van der Waals surface area contributed by atoms with Gasteiger partial charge < -0.3 is 10.2 Å². The molecule has 4 nitrogen and oxygen atoms in total. The van der Waals surface area contributed by atoms with Crippen LogP contribution < -0.4 is 5.32 Å². The molecule has 1 saturated heterocycles. The molecule has 0 spiro atoms. The maximum Gasteiger partial charge on any atom is 0.236 e. The van der Waals surface area contributed by atoms with Crippen LogP contribution in [-0.4, -0.2) is 62.0 Å². The molecule has 4 heteroatoms. The fourth-order valence-electron chi connectivity index (χ4n) is 2.87. The van der Waals surface area contributed by atoms with Crippen molar-refractivity contribution in [3.05, 3.63) is 35.9 Å². The summed E-state index contributed by atoms with van der Waals surface area (Å²) in [7, 11) is 3.64. The van der Waals surface area contributed by atoms with Crippen molar-refractivity contribution in [2.75, 3.05) is 40.3 Å². The molecule has 1 aliphatic rings. The molecule has 1 fully saturated rings. The molecule has 1 heterocycles. The Morgan fingerprint density at radius 3 is 2.50 bits per heavy atom. The average molecular weight is 303 g/mol. The van der Waals surface area contributed by atoms with Crippen LogP contribution in [0.2, 0.25) is 0 Å². The number of amides is 1. The van der Waals surface area contributed by atoms with Crippen molar-refractivity contribution in [2.24, 2.45) is 0 Å². The van der Waals surface area contributed by atoms with E-state index < -0.39 is 0 Å². The smallest absolute Gasteiger partial charge is 0.236 e. The summed E-state index contributed by atoms with van der Waals surface area (Å²) in [6.07, 6.45) is 2.25. The van der Waals surface area contributed by atoms with E-state index in [0.717, 1.165) is 32.5 Å². The fourth-order valence-corrected chi connectivity index (χ4v) is 2.87. The average Bonchev–Trinajstić information content (AvgIpc) is 2.54. The van der Waals surface area contributed by atoms with Crippen molar-refractivity contribution >= 4 is 5.91 Å². The number of carbonyl (C=O) groups is 1. The highest BCUT2D eigenvalue weighted by Gasteiger charge is 2.21. The zero-order valence-corrected chi connectivity index (χ0v) is 14.1. The molecule has 1 aromatic rings. The van der Waals surface area contributed by atoms with Crippen molar-refractivity contribution in [1.82, 2.24) is 15.1 Å². The highest BCUT2D eigenvalue weighted by atomic mass is 16.2. The third kappa shape index (κ3) is 5.11. The summed E-state index contributed by atoms with van der Waals surface area (Å²) in [5.41, 5.74) is 1.39. The molecule has 2 rings (SSSR count). The summed E-state index contributed by atoms with van der Waals surface area (Å²) in [6, 6.07) is 11.2. The fraction of sp³-hybridized carbons (Fsp3) is 0.611. The predicted molar refractivity (Wildman–Crippen MR) is 91.0 cm³/mol. The van der Waals surface area contributed by atoms with E-state index in [1.54, 1.807) is 4.90 Å². The lowest BCUT2D eigenvalue weighted by Gasteiger charge is -2.33. The number of hydrogen-bond acceptors (Lipinski definition) is 3. The molecule has 1 unspecified atom stereocenters. The molecule has 0 bridgehead atoms. The van der Waals surface area contributed by atoms with Crippen LogP contribution in [0.25, 0.3) is 0 Å². The molecule has 1 aromatic carbocycles. The Kier molecular flexibility index (Phi) is 6.40. The second kappa shape index (κ2) is 8.30. The van der Waals surface area contributed by atoms with Crippen LogP contribution in [-0.2, 0) is 4.79 Å². The molecule has 0 aromatic heterocycles. The van der Waals surface area contributed by atoms with Gasteiger partial charge in [0.25, 0.3) is 0 Å². The number of benzene rings is 1. The molecule has 1 N–H and O–H groups in total. The zero-order valence-electron chi connectivity index (χ0n) is 14.1. The van der Waals surface area contributed by atoms with Crippen molar-refractivity contribution in [3.63, 3.8) is 0 Å². The maximum absolute atomic E-state index is 11.7. The maximum atomic E-state index is 11.7. The Morgan fingerprint density at radius 1 is 1.27 bits per heavy atom. The number of carbonyl (C=O) groups excluding carboxylic acids is 1. The minimum Gasteiger partial charge on any atom is -0.348 e. The van der Waals surface area contributed by atoms with Crippen LogP contribution >= 0.6 is 0 Å². The third-order valence-electron chi connectivity index (χ3n) is 4.53. The van der Waals surface area contributed by atoms with E-state index in [4.69, 9.17) is 0 Å². The van der Waals surface area contributed by atoms with E-state index >= 15 is 0 Å². The van der Waals surface area contributed by atoms with Gasteiger partial charge in [-0.15, -0.1) is 0 Å². The number of nitrogens with one attached hydrogen (secondary N) is 1. The molecule has 0 radical (unpaired) electrons. The van der Waals surface area contributed by atoms with Gasteiger partial charge in [0.05, 0.1) is 6.54 Å². The molecule has 0 saturated carbocycles. The first kappa shape index (κ1) is 17.0. The van der Waals surface area contributed by atoms with Crippen LogP contribution in [0.4, 0.5) is 0 Å². The van der Waals surface area contributed by atoms with Gasteiger partial charge in [-0.1, -0.05) is 37.3 Å². The molecule has 0 aliphatic carbocycles. The van der Waals surface area contributed by atoms with Gasteiger partial charge >= 0.3 is 0 Å². The number of hydrogen-bond donors (Lipinski definition) is 1. The minimum absolute atomic E-state index is 0.198. The second-order valence-electron chi connectivity index (χ2n) is 6.56. The molecule has 122 valence electrons. The summed E-state index contributed by atoms with van der Waals surface area (Å²) in [6.45, 7) is 5.87. The van der Waals surface area contributed by atoms with Gasteiger partial charge in [0.2, 0.25) is 5.91 Å². The van der Waals surface area contributed by atoms with Crippen molar-refractivity contribution in [3.8, 4) is 0 Å². The van der Waals surface area contributed by atoms with E-state index in [1.165, 1.54) is 5.56 Å². The van der Waals surface area contributed by atoms with Crippen molar-refractivity contribution in [2.45, 2.75) is 31.7 Å². The lowest BCUT2D eigenvalue weighted by Crippen LogP contribution is -2.46. The lowest BCUT2D eigenvalue weighted by molar-refractivity contribution is -0.130. The SMILES string of the molecule is CC(CNC1CCN(CC(=O)N(C)C)CC1)c1ccccc1. The van der Waals surface area contributed by atoms with Gasteiger partial charge in [-0.3, -0.25) is 9.69 Å². The summed E-state index contributed by atoms with van der Waals surface area (Å²) >= 11 is 0. The molecular weight excluding hydrogens is 274 g/mol. The van der Waals surface area contributed by atoms with Crippen LogP contribution in [0.15, 0.2) is 30.3 Å². The summed E-state index contributed by atoms with van der Waals surface area (Å²) in [5, 5.41) is 3.69. The zero-order chi connectivity index (χ0) is 15.9. The molecule has 1 amide bonds. The standard InChI is InChI=1S/C18H29N3O/c1-15(16-7-5-4-6-8-16)13-19-17-9-11-21(12-10-17)14-18(22)20(2)3/h4-8,15,17,19H,9-14H2,1-3H3. The van der Waals surface area contributed by atoms with Crippen LogP contribution in [0.3, 0.4) is 0 Å². The molecular formula is C18H29N3O. The number of nitrogens with zero attached hydrogens (tertiary/aromatic N) is 2. The van der Waals surface area contributed by atoms with Gasteiger partial charge in [0, 0.05) is 39.8 Å². The number of likely N-dealkylation sites (N-methyl/N-ethyl adjacent to an activating group) is 1. The Balaban J connectivity index is 1.68. The van der Waals surface area contributed by atoms with E-state index in [-0.39, 0.29) is 5.91 Å². The lowest BCUT2D eigenvalue weighted by atomic mass is 9.99. The monoisotopic (exact) mass is 303 g/mol. The summed E-state index contributed by atoms with van der Waals surface area (Å²) < 4.78 is 0. The Bertz CT molecular complexity index is 453. The van der Waals surface area contributed by atoms with E-state index in [1.807, 2.05) is 14.1 Å². The van der Waals surface area contributed by atoms with Crippen LogP contribution in [0.1, 0.15) is 31.2 Å². The van der Waals surface area contributed by atoms with Crippen LogP contribution in [0, 0.1) is 0 Å². The quantitative estimate of drug-likeness (QED) is 0.872. The normalized spacial score (nSPS) is 18.1. The first-order valence-corrected chi connectivity index (χ1v) is 8.27. The Hall–Kier alpha value is -1.39. The first-order chi connectivity index (χ1) is 10.6. The van der Waals surface area contributed by atoms with Gasteiger partial charge in [0.15, 0.2) is 0 Å². The largest absolute Gasteiger partial charge is 0.348 e. The first-order valence-electron chi connectivity index (χ1n) is 8.27. The topological polar surface area (TPSA) is 35.6 Å². The molecule has 1 atom stereocenters. The molecule has 22 heavy (non-hydrogen) atoms. The highest BCUT2D eigenvalue weighted by Crippen LogP contribution is 2.15. The van der Waals surface area contributed by atoms with Crippen molar-refractivity contribution < 1.29 is 4.79 Å². The molecule has 1 aliphatic heterocycles. The predicted octanol–water partition coefficient (Wildman–Crippen LogP) is 1.93. The summed E-state index contributed by atoms with van der Waals surface area (Å²) in [5.74, 6) is 0.735. The Morgan fingerprint density at radius 2 is 1.91 bits per heavy atom. The highest BCUT2D eigenvalue weighted by molar-refractivity contribution is 5.77. The number of piperidine rings is 1. The number of likely N-dealkylation sites (tertiary alicyclic amines) is 1. The van der Waals surface area contributed by atoms with Crippen molar-refractivity contribution in [1.29, 1.82) is 0 Å². The van der Waals surface area contributed by atoms with Gasteiger partial charge in [-0.25, -0.2) is 0 Å². The third-order valence-corrected chi connectivity index (χ3v) is 4.53. The van der Waals surface area contributed by atoms with Gasteiger partial charge in [-0.2, -0.15) is 0 Å². The van der Waals surface area contributed by atoms with Gasteiger partial charge in [0.1, 0.15) is 0 Å². The van der Waals surface area contributed by atoms with E-state index in [2.05, 4.69) is 47.5 Å².